The molecule has 8 heteroatoms. The largest absolute Gasteiger partial charge is 0.497 e. The number of rotatable bonds is 9. The lowest BCUT2D eigenvalue weighted by atomic mass is 9.96. The Morgan fingerprint density at radius 1 is 1.00 bits per heavy atom. The Balaban J connectivity index is 1.86. The molecule has 3 aromatic carbocycles. The highest BCUT2D eigenvalue weighted by atomic mass is 35.5. The Hall–Kier alpha value is -3.03. The second-order valence-electron chi connectivity index (χ2n) is 8.55. The average molecular weight is 501 g/mol. The maximum Gasteiger partial charge on any atom is 0.263 e. The van der Waals surface area contributed by atoms with Crippen LogP contribution >= 0.6 is 11.6 Å². The van der Waals surface area contributed by atoms with E-state index in [4.69, 9.17) is 16.3 Å². The van der Waals surface area contributed by atoms with Crippen LogP contribution in [0, 0.1) is 12.8 Å². The number of hydrogen-bond acceptors (Lipinski definition) is 4. The summed E-state index contributed by atoms with van der Waals surface area (Å²) in [6, 6.07) is 18.4. The van der Waals surface area contributed by atoms with Gasteiger partial charge in [-0.3, -0.25) is 9.52 Å². The quantitative estimate of drug-likeness (QED) is 0.378. The van der Waals surface area contributed by atoms with Crippen LogP contribution in [0.2, 0.25) is 5.02 Å². The van der Waals surface area contributed by atoms with Gasteiger partial charge in [-0.1, -0.05) is 55.3 Å². The molecule has 0 spiro atoms. The molecule has 0 saturated heterocycles. The number of amides is 1. The van der Waals surface area contributed by atoms with Gasteiger partial charge in [0.2, 0.25) is 0 Å². The molecule has 0 aromatic heterocycles. The van der Waals surface area contributed by atoms with E-state index in [1.54, 1.807) is 31.4 Å². The third-order valence-corrected chi connectivity index (χ3v) is 7.18. The van der Waals surface area contributed by atoms with Gasteiger partial charge in [0.25, 0.3) is 15.9 Å². The minimum atomic E-state index is -4.00. The van der Waals surface area contributed by atoms with Gasteiger partial charge in [-0.25, -0.2) is 8.42 Å². The van der Waals surface area contributed by atoms with Crippen LogP contribution in [0.5, 0.6) is 5.75 Å². The number of ether oxygens (including phenoxy) is 1. The maximum absolute atomic E-state index is 13.1. The smallest absolute Gasteiger partial charge is 0.263 e. The molecular weight excluding hydrogens is 472 g/mol. The molecule has 1 amide bonds. The van der Waals surface area contributed by atoms with Crippen molar-refractivity contribution in [3.8, 4) is 5.75 Å². The molecule has 0 unspecified atom stereocenters. The van der Waals surface area contributed by atoms with E-state index < -0.39 is 10.0 Å². The number of anilines is 1. The molecule has 3 aromatic rings. The third kappa shape index (κ3) is 6.52. The number of carbonyl (C=O) groups is 1. The average Bonchev–Trinajstić information content (AvgIpc) is 2.80. The van der Waals surface area contributed by atoms with Gasteiger partial charge in [-0.2, -0.15) is 0 Å². The van der Waals surface area contributed by atoms with Gasteiger partial charge in [-0.05, 0) is 67.3 Å². The van der Waals surface area contributed by atoms with Crippen LogP contribution in [0.25, 0.3) is 0 Å². The number of sulfonamides is 1. The molecule has 0 aliphatic heterocycles. The van der Waals surface area contributed by atoms with Crippen LogP contribution in [0.3, 0.4) is 0 Å². The van der Waals surface area contributed by atoms with E-state index in [1.165, 1.54) is 18.2 Å². The summed E-state index contributed by atoms with van der Waals surface area (Å²) in [5.74, 6) is 0.671. The molecule has 2 N–H and O–H groups in total. The van der Waals surface area contributed by atoms with Gasteiger partial charge < -0.3 is 10.1 Å². The Bertz CT molecular complexity index is 1240. The van der Waals surface area contributed by atoms with Crippen LogP contribution in [-0.2, 0) is 10.0 Å². The van der Waals surface area contributed by atoms with Crippen LogP contribution < -0.4 is 14.8 Å². The fourth-order valence-electron chi connectivity index (χ4n) is 3.51. The van der Waals surface area contributed by atoms with Gasteiger partial charge >= 0.3 is 0 Å². The summed E-state index contributed by atoms with van der Waals surface area (Å²) in [7, 11) is -2.40. The van der Waals surface area contributed by atoms with Crippen molar-refractivity contribution in [1.29, 1.82) is 0 Å². The van der Waals surface area contributed by atoms with Gasteiger partial charge in [0.15, 0.2) is 0 Å². The fourth-order valence-corrected chi connectivity index (χ4v) is 5.10. The van der Waals surface area contributed by atoms with E-state index >= 15 is 0 Å². The molecule has 0 bridgehead atoms. The predicted molar refractivity (Wildman–Crippen MR) is 136 cm³/mol. The number of methoxy groups -OCH3 is 1. The van der Waals surface area contributed by atoms with Crippen LogP contribution in [0.1, 0.15) is 47.8 Å². The van der Waals surface area contributed by atoms with Crippen molar-refractivity contribution in [2.45, 2.75) is 38.1 Å². The van der Waals surface area contributed by atoms with E-state index in [0.29, 0.717) is 18.0 Å². The van der Waals surface area contributed by atoms with Crippen molar-refractivity contribution in [1.82, 2.24) is 5.32 Å². The van der Waals surface area contributed by atoms with Gasteiger partial charge in [-0.15, -0.1) is 0 Å². The minimum absolute atomic E-state index is 0.0325. The zero-order valence-corrected chi connectivity index (χ0v) is 21.2. The van der Waals surface area contributed by atoms with Crippen LogP contribution in [0.4, 0.5) is 5.69 Å². The molecule has 0 radical (unpaired) electrons. The van der Waals surface area contributed by atoms with Crippen molar-refractivity contribution in [2.75, 3.05) is 11.8 Å². The normalized spacial score (nSPS) is 12.3. The second-order valence-corrected chi connectivity index (χ2v) is 10.6. The minimum Gasteiger partial charge on any atom is -0.497 e. The standard InChI is InChI=1S/C26H29ClN2O4S/c1-17(2)15-24(19-7-12-22(33-4)13-8-19)28-26(30)20-9-14-23(27)25(16-20)34(31,32)29-21-10-5-18(3)6-11-21/h5-14,16-17,24,29H,15H2,1-4H3,(H,28,30)/t24-/m0/s1. The molecule has 6 nitrogen and oxygen atoms in total. The monoisotopic (exact) mass is 500 g/mol. The van der Waals surface area contributed by atoms with Crippen molar-refractivity contribution >= 4 is 33.2 Å². The first kappa shape index (κ1) is 25.6. The van der Waals surface area contributed by atoms with Crippen molar-refractivity contribution < 1.29 is 17.9 Å². The molecule has 0 fully saturated rings. The summed E-state index contributed by atoms with van der Waals surface area (Å²) in [6.07, 6.45) is 0.714. The number of carbonyl (C=O) groups excluding carboxylic acids is 1. The van der Waals surface area contributed by atoms with Gasteiger partial charge in [0.1, 0.15) is 10.6 Å². The summed E-state index contributed by atoms with van der Waals surface area (Å²) in [4.78, 5) is 13.0. The lowest BCUT2D eigenvalue weighted by Crippen LogP contribution is -2.29. The molecule has 3 rings (SSSR count). The third-order valence-electron chi connectivity index (χ3n) is 5.32. The zero-order valence-electron chi connectivity index (χ0n) is 19.6. The first-order valence-corrected chi connectivity index (χ1v) is 12.8. The summed E-state index contributed by atoms with van der Waals surface area (Å²) in [5, 5.41) is 3.07. The number of halogens is 1. The summed E-state index contributed by atoms with van der Waals surface area (Å²) < 4.78 is 33.7. The van der Waals surface area contributed by atoms with E-state index in [9.17, 15) is 13.2 Å². The lowest BCUT2D eigenvalue weighted by molar-refractivity contribution is 0.0931. The Morgan fingerprint density at radius 2 is 1.65 bits per heavy atom. The second kappa shape index (κ2) is 10.9. The van der Waals surface area contributed by atoms with Crippen molar-refractivity contribution in [3.63, 3.8) is 0 Å². The van der Waals surface area contributed by atoms with E-state index in [2.05, 4.69) is 23.9 Å². The van der Waals surface area contributed by atoms with Gasteiger partial charge in [0.05, 0.1) is 18.2 Å². The summed E-state index contributed by atoms with van der Waals surface area (Å²) in [5.41, 5.74) is 2.56. The molecular formula is C26H29ClN2O4S. The molecule has 0 aliphatic carbocycles. The maximum atomic E-state index is 13.1. The molecule has 0 saturated carbocycles. The summed E-state index contributed by atoms with van der Waals surface area (Å²) >= 11 is 6.21. The fraction of sp³-hybridized carbons (Fsp3) is 0.269. The highest BCUT2D eigenvalue weighted by molar-refractivity contribution is 7.92. The summed E-state index contributed by atoms with van der Waals surface area (Å²) in [6.45, 7) is 6.06. The van der Waals surface area contributed by atoms with E-state index in [1.807, 2.05) is 31.2 Å². The Labute approximate surface area is 206 Å². The number of aryl methyl sites for hydroxylation is 1. The predicted octanol–water partition coefficient (Wildman–Crippen LogP) is 5.98. The van der Waals surface area contributed by atoms with Crippen LogP contribution in [0.15, 0.2) is 71.6 Å². The highest BCUT2D eigenvalue weighted by Gasteiger charge is 2.22. The Kier molecular flexibility index (Phi) is 8.23. The zero-order chi connectivity index (χ0) is 24.9. The number of hydrogen-bond donors (Lipinski definition) is 2. The topological polar surface area (TPSA) is 84.5 Å². The highest BCUT2D eigenvalue weighted by Crippen LogP contribution is 2.27. The molecule has 0 aliphatic rings. The van der Waals surface area contributed by atoms with Gasteiger partial charge in [0, 0.05) is 11.3 Å². The SMILES string of the molecule is COc1ccc([C@H](CC(C)C)NC(=O)c2ccc(Cl)c(S(=O)(=O)Nc3ccc(C)cc3)c2)cc1. The van der Waals surface area contributed by atoms with E-state index in [-0.39, 0.29) is 27.4 Å². The number of nitrogens with one attached hydrogen (secondary N) is 2. The van der Waals surface area contributed by atoms with E-state index in [0.717, 1.165) is 16.9 Å². The molecule has 180 valence electrons. The molecule has 1 atom stereocenters. The molecule has 34 heavy (non-hydrogen) atoms. The first-order valence-electron chi connectivity index (χ1n) is 10.9. The first-order chi connectivity index (χ1) is 16.1. The van der Waals surface area contributed by atoms with Crippen molar-refractivity contribution in [2.24, 2.45) is 5.92 Å². The van der Waals surface area contributed by atoms with Crippen LogP contribution in [-0.4, -0.2) is 21.4 Å². The Morgan fingerprint density at radius 3 is 2.24 bits per heavy atom. The van der Waals surface area contributed by atoms with Crippen molar-refractivity contribution in [3.05, 3.63) is 88.4 Å². The number of benzene rings is 3. The molecule has 0 heterocycles. The lowest BCUT2D eigenvalue weighted by Gasteiger charge is -2.22.